The number of carbonyl (C=O) groups is 1. The highest BCUT2D eigenvalue weighted by atomic mass is 32.2. The van der Waals surface area contributed by atoms with E-state index in [0.29, 0.717) is 17.0 Å². The van der Waals surface area contributed by atoms with Gasteiger partial charge in [0.05, 0.1) is 5.69 Å². The number of carboxylic acids is 1. The van der Waals surface area contributed by atoms with Gasteiger partial charge in [0.25, 0.3) is 0 Å². The van der Waals surface area contributed by atoms with Gasteiger partial charge in [0.15, 0.2) is 0 Å². The normalized spacial score (nSPS) is 16.8. The van der Waals surface area contributed by atoms with Crippen LogP contribution >= 0.6 is 11.8 Å². The minimum atomic E-state index is -0.978. The van der Waals surface area contributed by atoms with Crippen LogP contribution in [0.4, 0.5) is 0 Å². The zero-order valence-corrected chi connectivity index (χ0v) is 10.5. The second-order valence-electron chi connectivity index (χ2n) is 4.18. The number of nitrogens with one attached hydrogen (secondary N) is 1. The predicted molar refractivity (Wildman–Crippen MR) is 66.2 cm³/mol. The molecule has 0 bridgehead atoms. The quantitative estimate of drug-likeness (QED) is 0.792. The van der Waals surface area contributed by atoms with Crippen LogP contribution in [0.15, 0.2) is 12.5 Å². The molecule has 1 heterocycles. The van der Waals surface area contributed by atoms with E-state index in [9.17, 15) is 4.79 Å². The van der Waals surface area contributed by atoms with Gasteiger partial charge in [-0.3, -0.25) is 0 Å². The highest BCUT2D eigenvalue weighted by Crippen LogP contribution is 2.46. The lowest BCUT2D eigenvalue weighted by atomic mass is 10.2. The number of thioether (sulfide) groups is 1. The average Bonchev–Trinajstić information content (AvgIpc) is 3.10. The number of aromatic carboxylic acids is 1. The predicted octanol–water partition coefficient (Wildman–Crippen LogP) is 1.16. The van der Waals surface area contributed by atoms with E-state index in [2.05, 4.69) is 21.5 Å². The fourth-order valence-corrected chi connectivity index (χ4v) is 2.43. The maximum absolute atomic E-state index is 10.9. The Balaban J connectivity index is 1.92. The van der Waals surface area contributed by atoms with Crippen LogP contribution in [0.2, 0.25) is 0 Å². The van der Waals surface area contributed by atoms with E-state index in [4.69, 9.17) is 5.11 Å². The van der Waals surface area contributed by atoms with Gasteiger partial charge in [0.1, 0.15) is 11.9 Å². The van der Waals surface area contributed by atoms with E-state index in [1.807, 2.05) is 11.8 Å². The highest BCUT2D eigenvalue weighted by Gasteiger charge is 2.41. The summed E-state index contributed by atoms with van der Waals surface area (Å²) in [6.45, 7) is 1.38. The lowest BCUT2D eigenvalue weighted by Crippen LogP contribution is -2.26. The highest BCUT2D eigenvalue weighted by molar-refractivity contribution is 8.00. The minimum absolute atomic E-state index is 0.175. The van der Waals surface area contributed by atoms with Crippen molar-refractivity contribution < 1.29 is 9.90 Å². The number of hydrogen-bond donors (Lipinski definition) is 2. The SMILES string of the molecule is CSC1(CNCc2ncncc2C(=O)O)CC1. The summed E-state index contributed by atoms with van der Waals surface area (Å²) in [7, 11) is 0. The molecular formula is C11H15N3O2S. The molecule has 0 unspecified atom stereocenters. The maximum Gasteiger partial charge on any atom is 0.339 e. The van der Waals surface area contributed by atoms with Gasteiger partial charge in [-0.2, -0.15) is 11.8 Å². The number of hydrogen-bond acceptors (Lipinski definition) is 5. The number of aromatic nitrogens is 2. The molecule has 1 fully saturated rings. The molecule has 0 saturated heterocycles. The van der Waals surface area contributed by atoms with Crippen molar-refractivity contribution in [1.82, 2.24) is 15.3 Å². The number of carboxylic acid groups (broad SMARTS) is 1. The largest absolute Gasteiger partial charge is 0.478 e. The molecule has 1 aliphatic carbocycles. The van der Waals surface area contributed by atoms with Crippen LogP contribution < -0.4 is 5.32 Å². The lowest BCUT2D eigenvalue weighted by molar-refractivity contribution is 0.0694. The van der Waals surface area contributed by atoms with Crippen molar-refractivity contribution in [3.8, 4) is 0 Å². The van der Waals surface area contributed by atoms with Crippen molar-refractivity contribution in [2.24, 2.45) is 0 Å². The fourth-order valence-electron chi connectivity index (χ4n) is 1.68. The molecular weight excluding hydrogens is 238 g/mol. The summed E-state index contributed by atoms with van der Waals surface area (Å²) in [5.74, 6) is -0.978. The third-order valence-corrected chi connectivity index (χ3v) is 4.42. The van der Waals surface area contributed by atoms with E-state index >= 15 is 0 Å². The molecule has 0 aliphatic heterocycles. The van der Waals surface area contributed by atoms with Crippen LogP contribution in [0.3, 0.4) is 0 Å². The Morgan fingerprint density at radius 2 is 2.41 bits per heavy atom. The fraction of sp³-hybridized carbons (Fsp3) is 0.545. The molecule has 1 aromatic heterocycles. The van der Waals surface area contributed by atoms with E-state index in [1.54, 1.807) is 0 Å². The van der Waals surface area contributed by atoms with Crippen molar-refractivity contribution in [3.63, 3.8) is 0 Å². The standard InChI is InChI=1S/C11H15N3O2S/c1-17-11(2-3-11)6-12-5-9-8(10(15)16)4-13-7-14-9/h4,7,12H,2-3,5-6H2,1H3,(H,15,16). The van der Waals surface area contributed by atoms with Crippen molar-refractivity contribution >= 4 is 17.7 Å². The molecule has 17 heavy (non-hydrogen) atoms. The number of nitrogens with zero attached hydrogens (tertiary/aromatic N) is 2. The van der Waals surface area contributed by atoms with Crippen LogP contribution in [0, 0.1) is 0 Å². The number of rotatable bonds is 6. The molecule has 1 aromatic rings. The van der Waals surface area contributed by atoms with Crippen LogP contribution in [0.25, 0.3) is 0 Å². The van der Waals surface area contributed by atoms with E-state index in [1.165, 1.54) is 25.4 Å². The second kappa shape index (κ2) is 5.01. The molecule has 6 heteroatoms. The van der Waals surface area contributed by atoms with Gasteiger partial charge < -0.3 is 10.4 Å². The van der Waals surface area contributed by atoms with Gasteiger partial charge in [-0.1, -0.05) is 0 Å². The first-order valence-corrected chi connectivity index (χ1v) is 6.67. The van der Waals surface area contributed by atoms with Gasteiger partial charge in [-0.25, -0.2) is 14.8 Å². The van der Waals surface area contributed by atoms with Crippen molar-refractivity contribution in [3.05, 3.63) is 23.8 Å². The molecule has 0 amide bonds. The molecule has 2 N–H and O–H groups in total. The molecule has 5 nitrogen and oxygen atoms in total. The van der Waals surface area contributed by atoms with Crippen LogP contribution in [0.5, 0.6) is 0 Å². The Labute approximate surface area is 104 Å². The third-order valence-electron chi connectivity index (χ3n) is 3.01. The third kappa shape index (κ3) is 2.95. The second-order valence-corrected chi connectivity index (χ2v) is 5.45. The zero-order chi connectivity index (χ0) is 12.3. The summed E-state index contributed by atoms with van der Waals surface area (Å²) in [6.07, 6.45) is 7.30. The topological polar surface area (TPSA) is 75.1 Å². The first-order valence-electron chi connectivity index (χ1n) is 5.45. The smallest absolute Gasteiger partial charge is 0.339 e. The summed E-state index contributed by atoms with van der Waals surface area (Å²) in [5.41, 5.74) is 0.721. The van der Waals surface area contributed by atoms with Crippen molar-refractivity contribution in [2.45, 2.75) is 24.1 Å². The van der Waals surface area contributed by atoms with Gasteiger partial charge >= 0.3 is 5.97 Å². The minimum Gasteiger partial charge on any atom is -0.478 e. The first kappa shape index (κ1) is 12.3. The molecule has 2 rings (SSSR count). The van der Waals surface area contributed by atoms with Crippen LogP contribution in [0.1, 0.15) is 28.9 Å². The van der Waals surface area contributed by atoms with E-state index in [0.717, 1.165) is 6.54 Å². The zero-order valence-electron chi connectivity index (χ0n) is 9.64. The maximum atomic E-state index is 10.9. The molecule has 1 aliphatic rings. The molecule has 0 atom stereocenters. The molecule has 1 saturated carbocycles. The van der Waals surface area contributed by atoms with E-state index in [-0.39, 0.29) is 5.56 Å². The lowest BCUT2D eigenvalue weighted by Gasteiger charge is -2.13. The Hall–Kier alpha value is -1.14. The van der Waals surface area contributed by atoms with Gasteiger partial charge in [-0.15, -0.1) is 0 Å². The monoisotopic (exact) mass is 253 g/mol. The van der Waals surface area contributed by atoms with Gasteiger partial charge in [0.2, 0.25) is 0 Å². The van der Waals surface area contributed by atoms with Crippen LogP contribution in [-0.4, -0.2) is 38.6 Å². The summed E-state index contributed by atoms with van der Waals surface area (Å²) >= 11 is 1.87. The summed E-state index contributed by atoms with van der Waals surface area (Å²) in [5, 5.41) is 12.2. The molecule has 0 aromatic carbocycles. The van der Waals surface area contributed by atoms with Gasteiger partial charge in [-0.05, 0) is 19.1 Å². The van der Waals surface area contributed by atoms with Crippen molar-refractivity contribution in [1.29, 1.82) is 0 Å². The van der Waals surface area contributed by atoms with Crippen molar-refractivity contribution in [2.75, 3.05) is 12.8 Å². The Morgan fingerprint density at radius 3 is 3.00 bits per heavy atom. The van der Waals surface area contributed by atoms with Gasteiger partial charge in [0, 0.05) is 24.0 Å². The summed E-state index contributed by atoms with van der Waals surface area (Å²) in [4.78, 5) is 18.7. The Kier molecular flexibility index (Phi) is 3.63. The Morgan fingerprint density at radius 1 is 1.65 bits per heavy atom. The molecule has 0 spiro atoms. The van der Waals surface area contributed by atoms with E-state index < -0.39 is 5.97 Å². The molecule has 92 valence electrons. The van der Waals surface area contributed by atoms with Crippen LogP contribution in [-0.2, 0) is 6.54 Å². The average molecular weight is 253 g/mol. The first-order chi connectivity index (χ1) is 8.17. The summed E-state index contributed by atoms with van der Waals surface area (Å²) in [6, 6.07) is 0. The summed E-state index contributed by atoms with van der Waals surface area (Å²) < 4.78 is 0.371. The Bertz CT molecular complexity index is 421. The molecule has 0 radical (unpaired) electrons.